The maximum Gasteiger partial charge on any atom is 0.257 e. The summed E-state index contributed by atoms with van der Waals surface area (Å²) in [6, 6.07) is 17.5. The van der Waals surface area contributed by atoms with E-state index >= 15 is 0 Å². The minimum Gasteiger partial charge on any atom is -0.206 e. The zero-order chi connectivity index (χ0) is 12.1. The Morgan fingerprint density at radius 1 is 0.765 bits per heavy atom. The van der Waals surface area contributed by atoms with E-state index in [2.05, 4.69) is 0 Å². The van der Waals surface area contributed by atoms with Gasteiger partial charge in [0.05, 0.1) is 0 Å². The van der Waals surface area contributed by atoms with E-state index in [4.69, 9.17) is 0 Å². The SMILES string of the molecule is FC(F)/C=C/c1ccc(-c2ccccc2)cc1. The molecule has 0 nitrogen and oxygen atoms in total. The number of hydrogen-bond acceptors (Lipinski definition) is 0. The number of hydrogen-bond donors (Lipinski definition) is 0. The van der Waals surface area contributed by atoms with E-state index < -0.39 is 6.43 Å². The molecule has 0 spiro atoms. The van der Waals surface area contributed by atoms with Gasteiger partial charge in [-0.05, 0) is 22.8 Å². The Labute approximate surface area is 99.2 Å². The van der Waals surface area contributed by atoms with Crippen molar-refractivity contribution >= 4 is 6.08 Å². The van der Waals surface area contributed by atoms with Crippen molar-refractivity contribution < 1.29 is 8.78 Å². The van der Waals surface area contributed by atoms with Gasteiger partial charge in [0, 0.05) is 0 Å². The highest BCUT2D eigenvalue weighted by atomic mass is 19.3. The molecule has 2 aromatic carbocycles. The van der Waals surface area contributed by atoms with Gasteiger partial charge in [-0.3, -0.25) is 0 Å². The molecule has 0 aromatic heterocycles. The lowest BCUT2D eigenvalue weighted by Crippen LogP contribution is -1.81. The number of benzene rings is 2. The fraction of sp³-hybridized carbons (Fsp3) is 0.0667. The van der Waals surface area contributed by atoms with Gasteiger partial charge in [-0.1, -0.05) is 60.7 Å². The maximum atomic E-state index is 12.0. The van der Waals surface area contributed by atoms with E-state index in [1.807, 2.05) is 54.6 Å². The zero-order valence-electron chi connectivity index (χ0n) is 9.18. The Bertz CT molecular complexity index is 484. The van der Waals surface area contributed by atoms with Gasteiger partial charge in [0.15, 0.2) is 0 Å². The van der Waals surface area contributed by atoms with Crippen molar-refractivity contribution in [2.45, 2.75) is 6.43 Å². The van der Waals surface area contributed by atoms with E-state index in [1.165, 1.54) is 6.08 Å². The average molecular weight is 230 g/mol. The summed E-state index contributed by atoms with van der Waals surface area (Å²) in [6.07, 6.45) is -0.0828. The van der Waals surface area contributed by atoms with Crippen LogP contribution in [0, 0.1) is 0 Å². The van der Waals surface area contributed by atoms with Crippen LogP contribution < -0.4 is 0 Å². The fourth-order valence-corrected chi connectivity index (χ4v) is 1.60. The second-order valence-electron chi connectivity index (χ2n) is 3.68. The van der Waals surface area contributed by atoms with Crippen LogP contribution in [0.3, 0.4) is 0 Å². The van der Waals surface area contributed by atoms with Crippen LogP contribution in [0.1, 0.15) is 5.56 Å². The second kappa shape index (κ2) is 5.39. The molecule has 0 aliphatic rings. The molecule has 0 saturated carbocycles. The molecule has 0 amide bonds. The van der Waals surface area contributed by atoms with Crippen LogP contribution >= 0.6 is 0 Å². The normalized spacial score (nSPS) is 11.2. The first-order valence-electron chi connectivity index (χ1n) is 5.37. The molecule has 86 valence electrons. The van der Waals surface area contributed by atoms with E-state index in [9.17, 15) is 8.78 Å². The summed E-state index contributed by atoms with van der Waals surface area (Å²) < 4.78 is 24.0. The molecular weight excluding hydrogens is 218 g/mol. The van der Waals surface area contributed by atoms with Gasteiger partial charge in [0.25, 0.3) is 6.43 Å². The summed E-state index contributed by atoms with van der Waals surface area (Å²) in [5.74, 6) is 0. The maximum absolute atomic E-state index is 12.0. The summed E-state index contributed by atoms with van der Waals surface area (Å²) in [5, 5.41) is 0. The molecule has 0 atom stereocenters. The summed E-state index contributed by atoms with van der Waals surface area (Å²) in [5.41, 5.74) is 2.99. The molecule has 0 bridgehead atoms. The topological polar surface area (TPSA) is 0 Å². The molecule has 0 aliphatic carbocycles. The van der Waals surface area contributed by atoms with Crippen LogP contribution in [0.5, 0.6) is 0 Å². The van der Waals surface area contributed by atoms with Gasteiger partial charge in [0.1, 0.15) is 0 Å². The standard InChI is InChI=1S/C15H12F2/c16-15(17)11-8-12-6-9-14(10-7-12)13-4-2-1-3-5-13/h1-11,15H/b11-8+. The molecule has 0 radical (unpaired) electrons. The van der Waals surface area contributed by atoms with Gasteiger partial charge >= 0.3 is 0 Å². The third kappa shape index (κ3) is 3.25. The largest absolute Gasteiger partial charge is 0.257 e. The highest BCUT2D eigenvalue weighted by molar-refractivity contribution is 5.65. The first kappa shape index (κ1) is 11.5. The Kier molecular flexibility index (Phi) is 3.66. The lowest BCUT2D eigenvalue weighted by Gasteiger charge is -2.01. The van der Waals surface area contributed by atoms with Crippen molar-refractivity contribution in [1.82, 2.24) is 0 Å². The van der Waals surface area contributed by atoms with Crippen LogP contribution in [0.2, 0.25) is 0 Å². The summed E-state index contributed by atoms with van der Waals surface area (Å²) in [4.78, 5) is 0. The van der Waals surface area contributed by atoms with Crippen molar-refractivity contribution in [2.24, 2.45) is 0 Å². The Morgan fingerprint density at radius 3 is 1.94 bits per heavy atom. The van der Waals surface area contributed by atoms with Crippen molar-refractivity contribution in [1.29, 1.82) is 0 Å². The summed E-state index contributed by atoms with van der Waals surface area (Å²) in [6.45, 7) is 0. The molecule has 0 N–H and O–H groups in total. The quantitative estimate of drug-likeness (QED) is 0.721. The number of halogens is 2. The molecule has 0 unspecified atom stereocenters. The van der Waals surface area contributed by atoms with Crippen molar-refractivity contribution in [3.63, 3.8) is 0 Å². The van der Waals surface area contributed by atoms with E-state index in [0.29, 0.717) is 0 Å². The molecule has 0 saturated heterocycles. The van der Waals surface area contributed by atoms with Crippen molar-refractivity contribution in [3.05, 3.63) is 66.2 Å². The number of alkyl halides is 2. The average Bonchev–Trinajstić information content (AvgIpc) is 2.38. The molecule has 0 heterocycles. The smallest absolute Gasteiger partial charge is 0.206 e. The van der Waals surface area contributed by atoms with Crippen LogP contribution in [0.25, 0.3) is 17.2 Å². The third-order valence-corrected chi connectivity index (χ3v) is 2.45. The predicted molar refractivity (Wildman–Crippen MR) is 66.9 cm³/mol. The first-order valence-corrected chi connectivity index (χ1v) is 5.37. The monoisotopic (exact) mass is 230 g/mol. The van der Waals surface area contributed by atoms with E-state index in [1.54, 1.807) is 0 Å². The molecule has 0 aliphatic heterocycles. The zero-order valence-corrected chi connectivity index (χ0v) is 9.18. The lowest BCUT2D eigenvalue weighted by molar-refractivity contribution is 0.205. The molecule has 2 aromatic rings. The lowest BCUT2D eigenvalue weighted by atomic mass is 10.0. The van der Waals surface area contributed by atoms with Crippen molar-refractivity contribution in [2.75, 3.05) is 0 Å². The highest BCUT2D eigenvalue weighted by Crippen LogP contribution is 2.19. The van der Waals surface area contributed by atoms with Gasteiger partial charge in [-0.2, -0.15) is 0 Å². The van der Waals surface area contributed by atoms with E-state index in [-0.39, 0.29) is 0 Å². The van der Waals surface area contributed by atoms with Gasteiger partial charge in [0.2, 0.25) is 0 Å². The van der Waals surface area contributed by atoms with Crippen LogP contribution in [-0.4, -0.2) is 6.43 Å². The van der Waals surface area contributed by atoms with Gasteiger partial charge in [-0.15, -0.1) is 0 Å². The first-order chi connectivity index (χ1) is 8.25. The van der Waals surface area contributed by atoms with Crippen molar-refractivity contribution in [3.8, 4) is 11.1 Å². The molecule has 2 rings (SSSR count). The summed E-state index contributed by atoms with van der Waals surface area (Å²) >= 11 is 0. The second-order valence-corrected chi connectivity index (χ2v) is 3.68. The van der Waals surface area contributed by atoms with Crippen LogP contribution in [0.15, 0.2) is 60.7 Å². The van der Waals surface area contributed by atoms with Gasteiger partial charge in [-0.25, -0.2) is 8.78 Å². The Balaban J connectivity index is 2.19. The molecule has 0 fully saturated rings. The predicted octanol–water partition coefficient (Wildman–Crippen LogP) is 4.63. The molecular formula is C15H12F2. The minimum atomic E-state index is -2.40. The van der Waals surface area contributed by atoms with E-state index in [0.717, 1.165) is 22.8 Å². The van der Waals surface area contributed by atoms with Crippen LogP contribution in [-0.2, 0) is 0 Å². The Morgan fingerprint density at radius 2 is 1.35 bits per heavy atom. The molecule has 2 heteroatoms. The fourth-order valence-electron chi connectivity index (χ4n) is 1.60. The number of allylic oxidation sites excluding steroid dienone is 1. The minimum absolute atomic E-state index is 0.782. The summed E-state index contributed by atoms with van der Waals surface area (Å²) in [7, 11) is 0. The number of rotatable bonds is 3. The highest BCUT2D eigenvalue weighted by Gasteiger charge is 1.97. The molecule has 17 heavy (non-hydrogen) atoms. The van der Waals surface area contributed by atoms with Crippen LogP contribution in [0.4, 0.5) is 8.78 Å². The Hall–Kier alpha value is -1.96. The third-order valence-electron chi connectivity index (χ3n) is 2.45. The van der Waals surface area contributed by atoms with Gasteiger partial charge < -0.3 is 0 Å².